The molecule has 0 spiro atoms. The van der Waals surface area contributed by atoms with Gasteiger partial charge in [-0.1, -0.05) is 0 Å². The van der Waals surface area contributed by atoms with Crippen LogP contribution in [0, 0.1) is 0 Å². The molecule has 5 atom stereocenters. The Morgan fingerprint density at radius 1 is 1.35 bits per heavy atom. The van der Waals surface area contributed by atoms with Crippen LogP contribution in [0.25, 0.3) is 0 Å². The Balaban J connectivity index is 2.76. The monoisotopic (exact) mass is 582 g/mol. The van der Waals surface area contributed by atoms with E-state index >= 15 is 0 Å². The van der Waals surface area contributed by atoms with Crippen LogP contribution in [0.2, 0.25) is 0 Å². The molecule has 12 heteroatoms. The third kappa shape index (κ3) is 5.62. The van der Waals surface area contributed by atoms with Crippen LogP contribution in [0.3, 0.4) is 0 Å². The molecule has 102 valence electrons. The second kappa shape index (κ2) is 8.17. The molecule has 0 radical (unpaired) electrons. The number of aliphatic hydroxyl groups is 1. The van der Waals surface area contributed by atoms with Crippen molar-refractivity contribution in [3.63, 3.8) is 0 Å². The Morgan fingerprint density at radius 2 is 1.94 bits per heavy atom. The van der Waals surface area contributed by atoms with Crippen molar-refractivity contribution in [3.05, 3.63) is 0 Å². The van der Waals surface area contributed by atoms with Gasteiger partial charge in [0.2, 0.25) is 0 Å². The number of rotatable bonds is 3. The van der Waals surface area contributed by atoms with Crippen molar-refractivity contribution in [2.75, 3.05) is 6.61 Å². The van der Waals surface area contributed by atoms with Gasteiger partial charge in [-0.25, -0.2) is 0 Å². The Kier molecular flexibility index (Phi) is 8.89. The first kappa shape index (κ1) is 18.5. The minimum atomic E-state index is -1.52. The third-order valence-corrected chi connectivity index (χ3v) is 5.61. The summed E-state index contributed by atoms with van der Waals surface area (Å²) in [4.78, 5) is 0. The fourth-order valence-corrected chi connectivity index (χ4v) is 4.29. The van der Waals surface area contributed by atoms with Gasteiger partial charge in [0.15, 0.2) is 0 Å². The Bertz CT molecular complexity index is 422. The standard InChI is InChI=1S/C5H8Cl2I2O4P2S2/c6-5(7)3(13-17(9)15)2(12-4(5)10)1-11-16(8)14/h2-4,10,16-17H,1H2/t2-,3-,4?/m1/s1. The molecule has 3 unspecified atom stereocenters. The summed E-state index contributed by atoms with van der Waals surface area (Å²) in [7, 11) is 6.42. The first-order valence-corrected chi connectivity index (χ1v) is 15.2. The van der Waals surface area contributed by atoms with E-state index in [-0.39, 0.29) is 6.61 Å². The van der Waals surface area contributed by atoms with Crippen molar-refractivity contribution in [2.45, 2.75) is 22.8 Å². The van der Waals surface area contributed by atoms with E-state index in [1.165, 1.54) is 0 Å². The van der Waals surface area contributed by atoms with Crippen molar-refractivity contribution in [2.24, 2.45) is 0 Å². The van der Waals surface area contributed by atoms with E-state index in [2.05, 4.69) is 15.6 Å². The third-order valence-electron chi connectivity index (χ3n) is 1.90. The van der Waals surface area contributed by atoms with Gasteiger partial charge >= 0.3 is 144 Å². The van der Waals surface area contributed by atoms with E-state index in [1.54, 1.807) is 0 Å². The Morgan fingerprint density at radius 3 is 2.41 bits per heavy atom. The first-order chi connectivity index (χ1) is 7.75. The summed E-state index contributed by atoms with van der Waals surface area (Å²) in [6.45, 7) is 0.203. The van der Waals surface area contributed by atoms with Crippen LogP contribution < -0.4 is 0 Å². The SMILES string of the molecule is OC1O[C@H](CO[SH](#P)I)[C@@H](O[SH](#P)I)C1(Cl)Cl. The molecular weight excluding hydrogens is 575 g/mol. The van der Waals surface area contributed by atoms with E-state index in [4.69, 9.17) is 36.3 Å². The van der Waals surface area contributed by atoms with Crippen molar-refractivity contribution < 1.29 is 18.2 Å². The van der Waals surface area contributed by atoms with Crippen LogP contribution in [-0.2, 0) is 13.1 Å². The fourth-order valence-electron chi connectivity index (χ4n) is 1.21. The molecule has 1 aliphatic rings. The summed E-state index contributed by atoms with van der Waals surface area (Å²) in [6.07, 6.45) is -2.55. The molecule has 1 heterocycles. The van der Waals surface area contributed by atoms with Crippen LogP contribution in [0.5, 0.6) is 0 Å². The molecule has 0 aromatic heterocycles. The molecular formula is C5H8Cl2I2O4P2S2. The van der Waals surface area contributed by atoms with Gasteiger partial charge in [0, 0.05) is 0 Å². The van der Waals surface area contributed by atoms with E-state index in [9.17, 15) is 5.11 Å². The first-order valence-electron chi connectivity index (χ1n) is 4.05. The number of alkyl halides is 2. The molecule has 1 aliphatic heterocycles. The van der Waals surface area contributed by atoms with Crippen LogP contribution >= 0.6 is 95.9 Å². The van der Waals surface area contributed by atoms with Gasteiger partial charge in [0.25, 0.3) is 0 Å². The molecule has 4 nitrogen and oxygen atoms in total. The van der Waals surface area contributed by atoms with Gasteiger partial charge in [-0.05, 0) is 0 Å². The molecule has 1 saturated heterocycles. The second-order valence-corrected chi connectivity index (χ2v) is 17.8. The number of aliphatic hydroxyl groups excluding tert-OH is 1. The van der Waals surface area contributed by atoms with Crippen LogP contribution in [0.1, 0.15) is 0 Å². The molecule has 0 saturated carbocycles. The zero-order valence-corrected chi connectivity index (χ0v) is 17.3. The fraction of sp³-hybridized carbons (Fsp3) is 1.00. The van der Waals surface area contributed by atoms with Gasteiger partial charge < -0.3 is 0 Å². The molecule has 0 aliphatic carbocycles. The molecule has 17 heavy (non-hydrogen) atoms. The molecule has 0 bridgehead atoms. The van der Waals surface area contributed by atoms with Gasteiger partial charge in [-0.2, -0.15) is 0 Å². The predicted molar refractivity (Wildman–Crippen MR) is 96.0 cm³/mol. The van der Waals surface area contributed by atoms with Crippen molar-refractivity contribution in [3.8, 4) is 0 Å². The zero-order valence-electron chi connectivity index (χ0n) is 7.91. The topological polar surface area (TPSA) is 47.9 Å². The van der Waals surface area contributed by atoms with Crippen LogP contribution in [0.4, 0.5) is 0 Å². The molecule has 0 amide bonds. The second-order valence-electron chi connectivity index (χ2n) is 2.98. The van der Waals surface area contributed by atoms with E-state index < -0.39 is 37.5 Å². The molecule has 1 fully saturated rings. The molecule has 0 aromatic rings. The van der Waals surface area contributed by atoms with E-state index in [0.717, 1.165) is 0 Å². The summed E-state index contributed by atoms with van der Waals surface area (Å²) >= 11 is 16.1. The number of hydrogen-bond donors (Lipinski definition) is 3. The molecule has 0 aromatic carbocycles. The van der Waals surface area contributed by atoms with Crippen LogP contribution in [0.15, 0.2) is 0 Å². The summed E-state index contributed by atoms with van der Waals surface area (Å²) < 4.78 is 14.6. The summed E-state index contributed by atoms with van der Waals surface area (Å²) in [5.74, 6) is 0. The summed E-state index contributed by atoms with van der Waals surface area (Å²) in [5, 5.41) is 9.62. The number of halogens is 4. The number of thiol groups is 2. The van der Waals surface area contributed by atoms with Gasteiger partial charge in [0.05, 0.1) is 0 Å². The predicted octanol–water partition coefficient (Wildman–Crippen LogP) is 4.46. The number of ether oxygens (including phenoxy) is 1. The summed E-state index contributed by atoms with van der Waals surface area (Å²) in [6, 6.07) is 0. The van der Waals surface area contributed by atoms with E-state index in [1.807, 2.05) is 42.4 Å². The van der Waals surface area contributed by atoms with Crippen molar-refractivity contribution in [1.29, 1.82) is 0 Å². The minimum absolute atomic E-state index is 0.203. The van der Waals surface area contributed by atoms with Crippen molar-refractivity contribution in [1.82, 2.24) is 0 Å². The van der Waals surface area contributed by atoms with Crippen LogP contribution in [-0.4, -0.2) is 34.5 Å². The van der Waals surface area contributed by atoms with Gasteiger partial charge in [-0.15, -0.1) is 0 Å². The Labute approximate surface area is 142 Å². The summed E-state index contributed by atoms with van der Waals surface area (Å²) in [5.41, 5.74) is 0. The Hall–Kier alpha value is 3.44. The molecule has 1 rings (SSSR count). The maximum atomic E-state index is 9.62. The maximum absolute atomic E-state index is 9.62. The quantitative estimate of drug-likeness (QED) is 0.199. The average Bonchev–Trinajstić information content (AvgIpc) is 2.38. The van der Waals surface area contributed by atoms with Gasteiger partial charge in [-0.3, -0.25) is 0 Å². The normalized spacial score (nSPS) is 35.6. The van der Waals surface area contributed by atoms with Crippen molar-refractivity contribution >= 4 is 95.9 Å². The molecule has 1 N–H and O–H groups in total. The number of hydrogen-bond acceptors (Lipinski definition) is 4. The zero-order chi connectivity index (χ0) is 13.2. The van der Waals surface area contributed by atoms with E-state index in [0.29, 0.717) is 0 Å². The average molecular weight is 583 g/mol. The van der Waals surface area contributed by atoms with Gasteiger partial charge in [0.1, 0.15) is 0 Å².